The number of nitrogens with zero attached hydrogens (tertiary/aromatic N) is 2. The molecule has 0 bridgehead atoms. The molecule has 0 aliphatic carbocycles. The van der Waals surface area contributed by atoms with Crippen LogP contribution in [0.1, 0.15) is 58.9 Å². The van der Waals surface area contributed by atoms with Crippen LogP contribution in [0.15, 0.2) is 248 Å². The van der Waals surface area contributed by atoms with Crippen molar-refractivity contribution in [2.75, 3.05) is 88.3 Å². The monoisotopic (exact) mass is 1660 g/mol. The number of hydrogen-bond acceptors (Lipinski definition) is 21. The fourth-order valence-corrected chi connectivity index (χ4v) is 8.56. The Morgan fingerprint density at radius 1 is 0.463 bits per heavy atom. The van der Waals surface area contributed by atoms with Gasteiger partial charge in [-0.15, -0.1) is 0 Å². The Balaban J connectivity index is 0.000000605. The number of carboxylic acid groups (broad SMARTS) is 2. The zero-order chi connectivity index (χ0) is 80.1. The summed E-state index contributed by atoms with van der Waals surface area (Å²) in [4.78, 5) is 60.4. The van der Waals surface area contributed by atoms with Gasteiger partial charge in [-0.3, -0.25) is 30.1 Å². The lowest BCUT2D eigenvalue weighted by molar-refractivity contribution is -0.133. The fourth-order valence-electron chi connectivity index (χ4n) is 7.67. The Hall–Kier alpha value is -11.7. The molecule has 108 heavy (non-hydrogen) atoms. The molecule has 0 aliphatic rings. The Morgan fingerprint density at radius 2 is 0.898 bits per heavy atom. The smallest absolute Gasteiger partial charge is 0.337 e. The van der Waals surface area contributed by atoms with Gasteiger partial charge >= 0.3 is 11.9 Å². The van der Waals surface area contributed by atoms with Crippen LogP contribution in [0.2, 0.25) is 0 Å². The second-order valence-corrected chi connectivity index (χ2v) is 23.1. The predicted molar refractivity (Wildman–Crippen MR) is 429 cm³/mol. The molecule has 578 valence electrons. The van der Waals surface area contributed by atoms with Crippen LogP contribution in [0.5, 0.6) is 63.2 Å². The van der Waals surface area contributed by atoms with Gasteiger partial charge in [0.25, 0.3) is 6.47 Å². The third-order valence-corrected chi connectivity index (χ3v) is 14.3. The number of aromatic carboxylic acids is 2. The fraction of sp³-hybridized carbons (Fsp3) is 0.222. The quantitative estimate of drug-likeness (QED) is 0.0135. The molecule has 1 atom stereocenters. The number of para-hydroxylation sites is 1. The van der Waals surface area contributed by atoms with Crippen LogP contribution in [0, 0.1) is 3.57 Å². The van der Waals surface area contributed by atoms with Crippen molar-refractivity contribution < 1.29 is 96.5 Å². The van der Waals surface area contributed by atoms with E-state index < -0.39 is 18.2 Å². The number of amides is 2. The van der Waals surface area contributed by atoms with Gasteiger partial charge in [0, 0.05) is 64.2 Å². The molecule has 1 unspecified atom stereocenters. The van der Waals surface area contributed by atoms with Gasteiger partial charge in [0.05, 0.1) is 94.6 Å². The Morgan fingerprint density at radius 3 is 1.30 bits per heavy atom. The minimum Gasteiger partial charge on any atom is -0.508 e. The zero-order valence-electron chi connectivity index (χ0n) is 62.0. The minimum absolute atomic E-state index is 0.00751. The average Bonchev–Trinajstić information content (AvgIpc) is 0.921. The van der Waals surface area contributed by atoms with Crippen molar-refractivity contribution in [1.29, 1.82) is 0 Å². The van der Waals surface area contributed by atoms with Gasteiger partial charge in [-0.05, 0) is 205 Å². The van der Waals surface area contributed by atoms with Gasteiger partial charge in [0.2, 0.25) is 11.8 Å². The number of nitrogens with two attached hydrogens (primary N) is 1. The molecule has 0 spiro atoms. The van der Waals surface area contributed by atoms with E-state index in [-0.39, 0.29) is 35.3 Å². The normalized spacial score (nSPS) is 9.55. The summed E-state index contributed by atoms with van der Waals surface area (Å²) >= 11 is 5.57. The lowest BCUT2D eigenvalue weighted by Crippen LogP contribution is -2.25. The first-order chi connectivity index (χ1) is 52.0. The summed E-state index contributed by atoms with van der Waals surface area (Å²) in [5.74, 6) is 5.88. The number of phenols is 1. The van der Waals surface area contributed by atoms with E-state index in [0.717, 1.165) is 80.9 Å². The molecule has 2 aromatic heterocycles. The lowest BCUT2D eigenvalue weighted by Gasteiger charge is -2.09. The summed E-state index contributed by atoms with van der Waals surface area (Å²) < 4.78 is 56.0. The van der Waals surface area contributed by atoms with Crippen LogP contribution >= 0.6 is 38.5 Å². The number of carbonyl (C=O) groups is 5. The van der Waals surface area contributed by atoms with Crippen LogP contribution in [0.3, 0.4) is 0 Å². The average molecular weight is 1670 g/mol. The number of carbonyl (C=O) groups excluding carboxylic acids is 3. The number of phenolic OH excluding ortho intramolecular Hbond substituents is 1. The van der Waals surface area contributed by atoms with E-state index in [2.05, 4.69) is 63.9 Å². The molecule has 25 nitrogen and oxygen atoms in total. The number of halogens is 2. The van der Waals surface area contributed by atoms with E-state index >= 15 is 0 Å². The van der Waals surface area contributed by atoms with Crippen LogP contribution in [0.25, 0.3) is 0 Å². The number of aliphatic hydroxyl groups excluding tert-OH is 1. The molecule has 8 aromatic carbocycles. The molecule has 0 radical (unpaired) electrons. The van der Waals surface area contributed by atoms with E-state index in [1.54, 1.807) is 142 Å². The SMILES string of the molecule is COc1ccc(C(=O)O)cc1.COc1ccc(CC(N)OC=O)cc1.COc1ccc(NC(=O)CCCCCO)cc1.COc1ccc(NC(C)=O)cc1.COc1cccc(Br)c1.COc1cccc(I)c1.COc1cccc(O)c1.COc1ccccc1.COc1cccnc1.COc1cncc(C(=O)O)c1. The maximum Gasteiger partial charge on any atom is 0.337 e. The maximum absolute atomic E-state index is 11.5. The van der Waals surface area contributed by atoms with Gasteiger partial charge in [0.15, 0.2) is 6.23 Å². The van der Waals surface area contributed by atoms with Crippen LogP contribution in [-0.2, 0) is 25.5 Å². The van der Waals surface area contributed by atoms with Crippen molar-refractivity contribution in [3.63, 3.8) is 0 Å². The minimum atomic E-state index is -1.00. The molecular formula is C81H95BrIN5O20. The second kappa shape index (κ2) is 59.6. The summed E-state index contributed by atoms with van der Waals surface area (Å²) in [5.41, 5.74) is 8.46. The Kier molecular flexibility index (Phi) is 52.0. The predicted octanol–water partition coefficient (Wildman–Crippen LogP) is 15.7. The van der Waals surface area contributed by atoms with Crippen molar-refractivity contribution in [1.82, 2.24) is 9.97 Å². The summed E-state index contributed by atoms with van der Waals surface area (Å²) in [6.45, 7) is 2.03. The Bertz CT molecular complexity index is 3880. The molecule has 0 saturated heterocycles. The number of unbranched alkanes of at least 4 members (excludes halogenated alkanes) is 2. The number of nitrogens with one attached hydrogen (secondary N) is 2. The molecule has 0 aliphatic heterocycles. The van der Waals surface area contributed by atoms with E-state index in [0.29, 0.717) is 36.6 Å². The van der Waals surface area contributed by atoms with Crippen molar-refractivity contribution in [3.05, 3.63) is 268 Å². The molecule has 27 heteroatoms. The summed E-state index contributed by atoms with van der Waals surface area (Å²) in [7, 11) is 16.0. The van der Waals surface area contributed by atoms with Crippen LogP contribution in [-0.4, -0.2) is 145 Å². The number of anilines is 2. The highest BCUT2D eigenvalue weighted by molar-refractivity contribution is 14.1. The van der Waals surface area contributed by atoms with Crippen LogP contribution < -0.4 is 63.7 Å². The number of aromatic nitrogens is 2. The van der Waals surface area contributed by atoms with Crippen LogP contribution in [0.4, 0.5) is 11.4 Å². The van der Waals surface area contributed by atoms with Gasteiger partial charge in [-0.2, -0.15) is 0 Å². The third kappa shape index (κ3) is 46.2. The number of benzene rings is 8. The largest absolute Gasteiger partial charge is 0.508 e. The van der Waals surface area contributed by atoms with Gasteiger partial charge in [0.1, 0.15) is 63.2 Å². The summed E-state index contributed by atoms with van der Waals surface area (Å²) in [6, 6.07) is 65.2. The van der Waals surface area contributed by atoms with Gasteiger partial charge < -0.3 is 83.2 Å². The van der Waals surface area contributed by atoms with Crippen molar-refractivity contribution in [2.45, 2.75) is 45.3 Å². The first-order valence-electron chi connectivity index (χ1n) is 32.6. The number of aromatic hydroxyl groups is 1. The zero-order valence-corrected chi connectivity index (χ0v) is 65.8. The topological polar surface area (TPSA) is 344 Å². The highest BCUT2D eigenvalue weighted by Gasteiger charge is 2.07. The van der Waals surface area contributed by atoms with E-state index in [4.69, 9.17) is 73.5 Å². The lowest BCUT2D eigenvalue weighted by atomic mass is 10.1. The summed E-state index contributed by atoms with van der Waals surface area (Å²) in [6.07, 6.45) is 8.96. The second-order valence-electron chi connectivity index (χ2n) is 20.9. The standard InChI is InChI=1S/C13H19NO3.C10H13NO3.C9H11NO2.C8H8O3.C7H7BrO.C7H7IO.C7H7NO3.C7H8O2.C7H8O.C6H7NO/c1-17-12-8-6-11(7-9-12)14-13(16)5-3-2-4-10-15;1-13-9-4-2-8(3-5-9)6-10(11)14-7-12;1-7(11)10-8-3-5-9(12-2)6-4-8;1-11-7-4-2-6(3-5-7)8(9)10;2*1-9-7-4-2-3-6(8)5-7;1-11-6-2-5(7(9)10)3-8-4-6;1-9-7-4-2-3-6(8)5-7;1-8-7-5-3-2-4-6-7;1-8-6-3-2-4-7-5-6/h6-9,15H,2-5,10H2,1H3,(H,14,16);2-5,7,10H,6,11H2,1H3;3-6H,1-2H3,(H,10,11);2-5H,1H3,(H,9,10);2*2-5H,1H3;2-4H,1H3,(H,9,10);2-5,8H,1H3;2-6H,1H3;2-5H,1H3. The van der Waals surface area contributed by atoms with Crippen molar-refractivity contribution in [2.24, 2.45) is 5.73 Å². The summed E-state index contributed by atoms with van der Waals surface area (Å²) in [5, 5.41) is 40.0. The number of hydrogen-bond donors (Lipinski definition) is 7. The number of aliphatic hydroxyl groups is 1. The first-order valence-corrected chi connectivity index (χ1v) is 34.4. The van der Waals surface area contributed by atoms with Crippen molar-refractivity contribution >= 4 is 80.1 Å². The third-order valence-electron chi connectivity index (χ3n) is 13.2. The number of carboxylic acids is 2. The maximum atomic E-state index is 11.5. The molecule has 0 fully saturated rings. The molecule has 8 N–H and O–H groups in total. The van der Waals surface area contributed by atoms with E-state index in [9.17, 15) is 24.0 Å². The Labute approximate surface area is 653 Å². The van der Waals surface area contributed by atoms with Gasteiger partial charge in [-0.25, -0.2) is 9.59 Å². The molecule has 0 saturated carbocycles. The molecule has 2 heterocycles. The number of ether oxygens (including phenoxy) is 11. The van der Waals surface area contributed by atoms with E-state index in [1.165, 1.54) is 55.3 Å². The highest BCUT2D eigenvalue weighted by Crippen LogP contribution is 2.21. The van der Waals surface area contributed by atoms with E-state index in [1.807, 2.05) is 127 Å². The number of pyridine rings is 2. The molecule has 10 aromatic rings. The molecule has 10 rings (SSSR count). The molecular weight excluding hydrogens is 1570 g/mol. The number of methoxy groups -OCH3 is 10. The first kappa shape index (κ1) is 94.4. The van der Waals surface area contributed by atoms with Crippen molar-refractivity contribution in [3.8, 4) is 63.2 Å². The number of rotatable bonds is 23. The molecule has 2 amide bonds. The highest BCUT2D eigenvalue weighted by atomic mass is 127. The van der Waals surface area contributed by atoms with Gasteiger partial charge in [-0.1, -0.05) is 70.9 Å².